The van der Waals surface area contributed by atoms with Crippen molar-refractivity contribution in [2.75, 3.05) is 7.11 Å². The van der Waals surface area contributed by atoms with Crippen LogP contribution in [-0.4, -0.2) is 28.2 Å². The number of methoxy groups -OCH3 is 1. The number of benzene rings is 1. The van der Waals surface area contributed by atoms with Gasteiger partial charge in [-0.2, -0.15) is 4.98 Å². The molecule has 0 saturated heterocycles. The molecule has 6 nitrogen and oxygen atoms in total. The monoisotopic (exact) mass is 280 g/mol. The van der Waals surface area contributed by atoms with E-state index in [9.17, 15) is 4.79 Å². The summed E-state index contributed by atoms with van der Waals surface area (Å²) in [6, 6.07) is 5.71. The number of nitrogens with zero attached hydrogens (tertiary/aromatic N) is 2. The molecule has 19 heavy (non-hydrogen) atoms. The van der Waals surface area contributed by atoms with Gasteiger partial charge in [0.15, 0.2) is 0 Å². The third kappa shape index (κ3) is 3.11. The molecule has 0 atom stereocenters. The second-order valence-electron chi connectivity index (χ2n) is 3.43. The van der Waals surface area contributed by atoms with Crippen LogP contribution >= 0.6 is 11.6 Å². The van der Waals surface area contributed by atoms with E-state index in [-0.39, 0.29) is 17.3 Å². The molecule has 0 spiro atoms. The van der Waals surface area contributed by atoms with E-state index in [2.05, 4.69) is 9.97 Å². The number of carbonyl (C=O) groups is 1. The summed E-state index contributed by atoms with van der Waals surface area (Å²) in [5, 5.41) is 9.40. The highest BCUT2D eigenvalue weighted by Crippen LogP contribution is 2.27. The minimum absolute atomic E-state index is 0.0240. The number of ether oxygens (including phenoxy) is 2. The van der Waals surface area contributed by atoms with Gasteiger partial charge in [0.25, 0.3) is 0 Å². The molecular formula is C12H9ClN2O4. The van der Waals surface area contributed by atoms with Gasteiger partial charge in [-0.3, -0.25) is 0 Å². The SMILES string of the molecule is COc1ccnc(Oc2cc(Cl)ccc2C(=O)O)n1. The fourth-order valence-electron chi connectivity index (χ4n) is 1.34. The topological polar surface area (TPSA) is 81.5 Å². The minimum Gasteiger partial charge on any atom is -0.481 e. The molecule has 0 fully saturated rings. The maximum absolute atomic E-state index is 11.1. The molecule has 1 heterocycles. The second-order valence-corrected chi connectivity index (χ2v) is 3.87. The lowest BCUT2D eigenvalue weighted by molar-refractivity contribution is 0.0694. The maximum Gasteiger partial charge on any atom is 0.339 e. The van der Waals surface area contributed by atoms with Gasteiger partial charge in [0.1, 0.15) is 11.3 Å². The first-order valence-corrected chi connectivity index (χ1v) is 5.55. The molecule has 0 unspecified atom stereocenters. The summed E-state index contributed by atoms with van der Waals surface area (Å²) in [4.78, 5) is 18.8. The number of carboxylic acid groups (broad SMARTS) is 1. The summed E-state index contributed by atoms with van der Waals surface area (Å²) >= 11 is 5.81. The van der Waals surface area contributed by atoms with Crippen LogP contribution in [0, 0.1) is 0 Å². The van der Waals surface area contributed by atoms with E-state index < -0.39 is 5.97 Å². The molecule has 1 aromatic heterocycles. The molecule has 0 radical (unpaired) electrons. The van der Waals surface area contributed by atoms with Gasteiger partial charge in [0.2, 0.25) is 5.88 Å². The Morgan fingerprint density at radius 2 is 2.16 bits per heavy atom. The molecule has 0 bridgehead atoms. The Morgan fingerprint density at radius 3 is 2.84 bits per heavy atom. The highest BCUT2D eigenvalue weighted by molar-refractivity contribution is 6.30. The number of hydrogen-bond acceptors (Lipinski definition) is 5. The van der Waals surface area contributed by atoms with Crippen molar-refractivity contribution in [2.45, 2.75) is 0 Å². The minimum atomic E-state index is -1.13. The van der Waals surface area contributed by atoms with E-state index in [1.54, 1.807) is 6.07 Å². The molecule has 7 heteroatoms. The molecule has 0 aliphatic heterocycles. The van der Waals surface area contributed by atoms with Crippen LogP contribution in [0.1, 0.15) is 10.4 Å². The first kappa shape index (κ1) is 13.1. The van der Waals surface area contributed by atoms with Gasteiger partial charge in [0, 0.05) is 23.4 Å². The summed E-state index contributed by atoms with van der Waals surface area (Å²) in [7, 11) is 1.45. The van der Waals surface area contributed by atoms with Gasteiger partial charge >= 0.3 is 12.0 Å². The van der Waals surface area contributed by atoms with Crippen molar-refractivity contribution < 1.29 is 19.4 Å². The van der Waals surface area contributed by atoms with Crippen molar-refractivity contribution in [3.63, 3.8) is 0 Å². The standard InChI is InChI=1S/C12H9ClN2O4/c1-18-10-4-5-14-12(15-10)19-9-6-7(13)2-3-8(9)11(16)17/h2-6H,1H3,(H,16,17). The quantitative estimate of drug-likeness (QED) is 0.927. The summed E-state index contributed by atoms with van der Waals surface area (Å²) in [5.41, 5.74) is -0.0316. The Morgan fingerprint density at radius 1 is 1.37 bits per heavy atom. The molecule has 0 amide bonds. The van der Waals surface area contributed by atoms with E-state index in [0.29, 0.717) is 10.9 Å². The molecular weight excluding hydrogens is 272 g/mol. The van der Waals surface area contributed by atoms with Crippen LogP contribution in [0.3, 0.4) is 0 Å². The van der Waals surface area contributed by atoms with Crippen LogP contribution in [0.2, 0.25) is 5.02 Å². The average molecular weight is 281 g/mol. The van der Waals surface area contributed by atoms with Crippen molar-refractivity contribution in [3.05, 3.63) is 41.0 Å². The fraction of sp³-hybridized carbons (Fsp3) is 0.0833. The first-order valence-electron chi connectivity index (χ1n) is 5.18. The van der Waals surface area contributed by atoms with Gasteiger partial charge in [-0.15, -0.1) is 0 Å². The lowest BCUT2D eigenvalue weighted by atomic mass is 10.2. The fourth-order valence-corrected chi connectivity index (χ4v) is 1.51. The van der Waals surface area contributed by atoms with Gasteiger partial charge in [-0.1, -0.05) is 11.6 Å². The van der Waals surface area contributed by atoms with Crippen LogP contribution in [0.4, 0.5) is 0 Å². The maximum atomic E-state index is 11.1. The van der Waals surface area contributed by atoms with Crippen molar-refractivity contribution >= 4 is 17.6 Å². The molecule has 1 N–H and O–H groups in total. The predicted octanol–water partition coefficient (Wildman–Crippen LogP) is 2.63. The van der Waals surface area contributed by atoms with Crippen molar-refractivity contribution in [1.29, 1.82) is 0 Å². The Bertz CT molecular complexity index is 618. The smallest absolute Gasteiger partial charge is 0.339 e. The lowest BCUT2D eigenvalue weighted by Crippen LogP contribution is -2.01. The van der Waals surface area contributed by atoms with E-state index in [1.807, 2.05) is 0 Å². The number of rotatable bonds is 4. The Kier molecular flexibility index (Phi) is 3.82. The van der Waals surface area contributed by atoms with Gasteiger partial charge in [-0.25, -0.2) is 9.78 Å². The highest BCUT2D eigenvalue weighted by Gasteiger charge is 2.14. The van der Waals surface area contributed by atoms with Crippen LogP contribution in [0.15, 0.2) is 30.5 Å². The summed E-state index contributed by atoms with van der Waals surface area (Å²) < 4.78 is 10.2. The number of carboxylic acids is 1. The van der Waals surface area contributed by atoms with Crippen LogP contribution in [0.25, 0.3) is 0 Å². The van der Waals surface area contributed by atoms with Crippen LogP contribution < -0.4 is 9.47 Å². The van der Waals surface area contributed by atoms with E-state index >= 15 is 0 Å². The number of aromatic nitrogens is 2. The third-order valence-corrected chi connectivity index (χ3v) is 2.43. The lowest BCUT2D eigenvalue weighted by Gasteiger charge is -2.08. The molecule has 0 aliphatic rings. The normalized spacial score (nSPS) is 10.0. The van der Waals surface area contributed by atoms with Crippen molar-refractivity contribution in [3.8, 4) is 17.6 Å². The molecule has 2 aromatic rings. The largest absolute Gasteiger partial charge is 0.481 e. The zero-order valence-electron chi connectivity index (χ0n) is 9.83. The van der Waals surface area contributed by atoms with E-state index in [1.165, 1.54) is 31.5 Å². The first-order chi connectivity index (χ1) is 9.10. The zero-order chi connectivity index (χ0) is 13.8. The number of hydrogen-bond donors (Lipinski definition) is 1. The van der Waals surface area contributed by atoms with Crippen LogP contribution in [-0.2, 0) is 0 Å². The highest BCUT2D eigenvalue weighted by atomic mass is 35.5. The van der Waals surface area contributed by atoms with Gasteiger partial charge in [-0.05, 0) is 12.1 Å². The molecule has 0 aliphatic carbocycles. The molecule has 98 valence electrons. The Balaban J connectivity index is 2.36. The summed E-state index contributed by atoms with van der Waals surface area (Å²) in [6.07, 6.45) is 1.44. The van der Waals surface area contributed by atoms with Gasteiger partial charge < -0.3 is 14.6 Å². The molecule has 1 aromatic carbocycles. The summed E-state index contributed by atoms with van der Waals surface area (Å²) in [5.74, 6) is -0.758. The van der Waals surface area contributed by atoms with Crippen molar-refractivity contribution in [1.82, 2.24) is 9.97 Å². The molecule has 0 saturated carbocycles. The zero-order valence-corrected chi connectivity index (χ0v) is 10.6. The number of halogens is 1. The Labute approximate surface area is 113 Å². The number of aromatic carboxylic acids is 1. The second kappa shape index (κ2) is 5.53. The van der Waals surface area contributed by atoms with Crippen LogP contribution in [0.5, 0.6) is 17.6 Å². The van der Waals surface area contributed by atoms with Gasteiger partial charge in [0.05, 0.1) is 7.11 Å². The summed E-state index contributed by atoms with van der Waals surface area (Å²) in [6.45, 7) is 0. The molecule has 2 rings (SSSR count). The average Bonchev–Trinajstić information content (AvgIpc) is 2.38. The van der Waals surface area contributed by atoms with E-state index in [4.69, 9.17) is 26.2 Å². The van der Waals surface area contributed by atoms with Crippen molar-refractivity contribution in [2.24, 2.45) is 0 Å². The Hall–Kier alpha value is -2.34. The predicted molar refractivity (Wildman–Crippen MR) is 67.1 cm³/mol. The van der Waals surface area contributed by atoms with E-state index in [0.717, 1.165) is 0 Å². The third-order valence-electron chi connectivity index (χ3n) is 2.19.